The zero-order valence-corrected chi connectivity index (χ0v) is 25.0. The third-order valence-electron chi connectivity index (χ3n) is 8.89. The van der Waals surface area contributed by atoms with Crippen LogP contribution < -0.4 is 0 Å². The molecule has 0 fully saturated rings. The molecule has 0 spiro atoms. The van der Waals surface area contributed by atoms with E-state index in [0.29, 0.717) is 0 Å². The van der Waals surface area contributed by atoms with Crippen LogP contribution in [0.5, 0.6) is 0 Å². The van der Waals surface area contributed by atoms with Gasteiger partial charge in [0.05, 0.1) is 22.3 Å². The summed E-state index contributed by atoms with van der Waals surface area (Å²) in [6.07, 6.45) is 1.86. The van der Waals surface area contributed by atoms with Gasteiger partial charge in [0.2, 0.25) is 0 Å². The Morgan fingerprint density at radius 1 is 0.457 bits per heavy atom. The molecular formula is C43H28N2O. The van der Waals surface area contributed by atoms with Crippen molar-refractivity contribution in [3.8, 4) is 50.5 Å². The molecule has 0 amide bonds. The minimum atomic E-state index is 0.831. The molecule has 0 atom stereocenters. The fourth-order valence-corrected chi connectivity index (χ4v) is 6.67. The molecule has 3 nitrogen and oxygen atoms in total. The van der Waals surface area contributed by atoms with Crippen LogP contribution in [0.1, 0.15) is 0 Å². The number of benzene rings is 7. The van der Waals surface area contributed by atoms with Gasteiger partial charge in [-0.15, -0.1) is 0 Å². The maximum absolute atomic E-state index is 6.23. The summed E-state index contributed by atoms with van der Waals surface area (Å²) in [6.45, 7) is 0. The number of fused-ring (bicyclic) bond motifs is 3. The first-order valence-corrected chi connectivity index (χ1v) is 15.5. The molecule has 216 valence electrons. The summed E-state index contributed by atoms with van der Waals surface area (Å²) < 4.78 is 8.55. The molecule has 0 saturated heterocycles. The molecule has 0 aliphatic heterocycles. The lowest BCUT2D eigenvalue weighted by Gasteiger charge is -2.19. The van der Waals surface area contributed by atoms with Crippen molar-refractivity contribution in [1.82, 2.24) is 9.55 Å². The van der Waals surface area contributed by atoms with Gasteiger partial charge in [0.1, 0.15) is 17.7 Å². The summed E-state index contributed by atoms with van der Waals surface area (Å²) in [6, 6.07) is 57.7. The summed E-state index contributed by atoms with van der Waals surface area (Å²) in [4.78, 5) is 5.30. The fourth-order valence-electron chi connectivity index (χ4n) is 6.67. The maximum atomic E-state index is 6.23. The van der Waals surface area contributed by atoms with Crippen molar-refractivity contribution in [2.24, 2.45) is 0 Å². The lowest BCUT2D eigenvalue weighted by molar-refractivity contribution is 0.616. The van der Waals surface area contributed by atoms with Crippen LogP contribution in [0.4, 0.5) is 0 Å². The van der Waals surface area contributed by atoms with E-state index < -0.39 is 0 Å². The van der Waals surface area contributed by atoms with Crippen LogP contribution >= 0.6 is 0 Å². The zero-order chi connectivity index (χ0) is 30.5. The number of hydrogen-bond acceptors (Lipinski definition) is 2. The van der Waals surface area contributed by atoms with E-state index in [-0.39, 0.29) is 0 Å². The number of rotatable bonds is 5. The van der Waals surface area contributed by atoms with Gasteiger partial charge >= 0.3 is 0 Å². The summed E-state index contributed by atoms with van der Waals surface area (Å²) in [5, 5.41) is 3.48. The van der Waals surface area contributed by atoms with Crippen molar-refractivity contribution in [3.63, 3.8) is 0 Å². The zero-order valence-electron chi connectivity index (χ0n) is 25.0. The molecule has 0 N–H and O–H groups in total. The van der Waals surface area contributed by atoms with Crippen LogP contribution in [-0.2, 0) is 0 Å². The highest BCUT2D eigenvalue weighted by molar-refractivity contribution is 6.00. The Bertz CT molecular complexity index is 2470. The second-order valence-corrected chi connectivity index (χ2v) is 11.6. The van der Waals surface area contributed by atoms with Crippen molar-refractivity contribution in [1.29, 1.82) is 0 Å². The minimum Gasteiger partial charge on any atom is -0.464 e. The number of imidazole rings is 1. The lowest BCUT2D eigenvalue weighted by Crippen LogP contribution is -2.03. The van der Waals surface area contributed by atoms with Gasteiger partial charge in [-0.05, 0) is 63.4 Å². The molecule has 7 aromatic carbocycles. The van der Waals surface area contributed by atoms with Crippen molar-refractivity contribution in [2.45, 2.75) is 0 Å². The summed E-state index contributed by atoms with van der Waals surface area (Å²) in [5.41, 5.74) is 11.7. The van der Waals surface area contributed by atoms with E-state index in [0.717, 1.165) is 66.9 Å². The monoisotopic (exact) mass is 588 g/mol. The predicted octanol–water partition coefficient (Wildman–Crippen LogP) is 11.6. The standard InChI is InChI=1S/C43H28N2O/c1-3-13-30(14-4-1)35-18-11-19-36(31-15-5-2-6-16-31)42(35)45-40-21-10-9-20-39(40)44-43(45)38-28-46-41-25-24-34(27-37(38)41)33-23-22-29-12-7-8-17-32(29)26-33/h1-28H. The number of nitrogens with zero attached hydrogens (tertiary/aromatic N) is 2. The van der Waals surface area contributed by atoms with Gasteiger partial charge < -0.3 is 4.42 Å². The third-order valence-corrected chi connectivity index (χ3v) is 8.89. The van der Waals surface area contributed by atoms with Gasteiger partial charge in [0.25, 0.3) is 0 Å². The van der Waals surface area contributed by atoms with Crippen LogP contribution in [0.15, 0.2) is 174 Å². The number of hydrogen-bond donors (Lipinski definition) is 0. The Morgan fingerprint density at radius 3 is 1.85 bits per heavy atom. The highest BCUT2D eigenvalue weighted by Crippen LogP contribution is 2.42. The molecule has 9 rings (SSSR count). The van der Waals surface area contributed by atoms with Gasteiger partial charge in [0.15, 0.2) is 0 Å². The normalized spacial score (nSPS) is 11.5. The Hall–Kier alpha value is -6.19. The topological polar surface area (TPSA) is 31.0 Å². The molecule has 0 aliphatic carbocycles. The van der Waals surface area contributed by atoms with Crippen molar-refractivity contribution in [3.05, 3.63) is 170 Å². The van der Waals surface area contributed by atoms with Gasteiger partial charge in [-0.2, -0.15) is 0 Å². The van der Waals surface area contributed by atoms with Crippen LogP contribution in [0.2, 0.25) is 0 Å². The lowest BCUT2D eigenvalue weighted by atomic mass is 9.95. The van der Waals surface area contributed by atoms with E-state index in [1.807, 2.05) is 6.26 Å². The summed E-state index contributed by atoms with van der Waals surface area (Å²) >= 11 is 0. The Kier molecular flexibility index (Phi) is 6.14. The molecule has 46 heavy (non-hydrogen) atoms. The van der Waals surface area contributed by atoms with E-state index >= 15 is 0 Å². The molecule has 0 saturated carbocycles. The minimum absolute atomic E-state index is 0.831. The SMILES string of the molecule is c1ccc(-c2cccc(-c3ccccc3)c2-n2c(-c3coc4ccc(-c5ccc6ccccc6c5)cc34)nc3ccccc32)cc1. The number of furan rings is 1. The van der Waals surface area contributed by atoms with Crippen LogP contribution in [-0.4, -0.2) is 9.55 Å². The van der Waals surface area contributed by atoms with Crippen LogP contribution in [0, 0.1) is 0 Å². The maximum Gasteiger partial charge on any atom is 0.149 e. The van der Waals surface area contributed by atoms with E-state index in [1.165, 1.54) is 16.3 Å². The van der Waals surface area contributed by atoms with Crippen molar-refractivity contribution in [2.75, 3.05) is 0 Å². The van der Waals surface area contributed by atoms with Crippen LogP contribution in [0.25, 0.3) is 83.2 Å². The van der Waals surface area contributed by atoms with Gasteiger partial charge in [-0.1, -0.05) is 133 Å². The first-order chi connectivity index (χ1) is 22.8. The highest BCUT2D eigenvalue weighted by atomic mass is 16.3. The Labute approximate surface area is 266 Å². The van der Waals surface area contributed by atoms with E-state index in [4.69, 9.17) is 9.40 Å². The van der Waals surface area contributed by atoms with Crippen molar-refractivity contribution >= 4 is 32.8 Å². The van der Waals surface area contributed by atoms with Crippen LogP contribution in [0.3, 0.4) is 0 Å². The quantitative estimate of drug-likeness (QED) is 0.200. The van der Waals surface area contributed by atoms with Gasteiger partial charge in [-0.25, -0.2) is 4.98 Å². The van der Waals surface area contributed by atoms with Gasteiger partial charge in [0, 0.05) is 16.5 Å². The smallest absolute Gasteiger partial charge is 0.149 e. The summed E-state index contributed by atoms with van der Waals surface area (Å²) in [7, 11) is 0. The molecule has 0 radical (unpaired) electrons. The first kappa shape index (κ1) is 26.2. The highest BCUT2D eigenvalue weighted by Gasteiger charge is 2.23. The molecule has 2 aromatic heterocycles. The average Bonchev–Trinajstić information content (AvgIpc) is 3.73. The molecule has 0 unspecified atom stereocenters. The molecule has 2 heterocycles. The van der Waals surface area contributed by atoms with Crippen molar-refractivity contribution < 1.29 is 4.42 Å². The molecule has 0 bridgehead atoms. The number of aromatic nitrogens is 2. The molecule has 3 heteroatoms. The summed E-state index contributed by atoms with van der Waals surface area (Å²) in [5.74, 6) is 0.844. The predicted molar refractivity (Wildman–Crippen MR) is 190 cm³/mol. The Morgan fingerprint density at radius 2 is 1.09 bits per heavy atom. The first-order valence-electron chi connectivity index (χ1n) is 15.5. The van der Waals surface area contributed by atoms with E-state index in [1.54, 1.807) is 0 Å². The largest absolute Gasteiger partial charge is 0.464 e. The number of para-hydroxylation sites is 3. The third kappa shape index (κ3) is 4.33. The molecule has 0 aliphatic rings. The van der Waals surface area contributed by atoms with Gasteiger partial charge in [-0.3, -0.25) is 4.57 Å². The Balaban J connectivity index is 1.33. The molecule has 9 aromatic rings. The molecular weight excluding hydrogens is 560 g/mol. The fraction of sp³-hybridized carbons (Fsp3) is 0. The van der Waals surface area contributed by atoms with E-state index in [9.17, 15) is 0 Å². The second-order valence-electron chi connectivity index (χ2n) is 11.6. The van der Waals surface area contributed by atoms with E-state index in [2.05, 4.69) is 168 Å². The second kappa shape index (κ2) is 10.8. The average molecular weight is 589 g/mol.